The fourth-order valence-corrected chi connectivity index (χ4v) is 3.90. The van der Waals surface area contributed by atoms with Crippen molar-refractivity contribution in [3.63, 3.8) is 0 Å². The molecule has 0 atom stereocenters. The first kappa shape index (κ1) is 15.5. The summed E-state index contributed by atoms with van der Waals surface area (Å²) in [4.78, 5) is 19.5. The van der Waals surface area contributed by atoms with Crippen molar-refractivity contribution in [2.75, 3.05) is 11.4 Å². The molecule has 1 aromatic heterocycles. The normalized spacial score (nSPS) is 27.1. The van der Waals surface area contributed by atoms with Crippen molar-refractivity contribution < 1.29 is 4.79 Å². The van der Waals surface area contributed by atoms with Crippen molar-refractivity contribution in [2.45, 2.75) is 65.2 Å². The van der Waals surface area contributed by atoms with Gasteiger partial charge >= 0.3 is 0 Å². The zero-order valence-electron chi connectivity index (χ0n) is 14.4. The second-order valence-electron chi connectivity index (χ2n) is 7.71. The monoisotopic (exact) mass is 300 g/mol. The molecule has 0 N–H and O–H groups in total. The minimum Gasteiger partial charge on any atom is -0.311 e. The maximum absolute atomic E-state index is 12.9. The highest BCUT2D eigenvalue weighted by atomic mass is 16.2. The lowest BCUT2D eigenvalue weighted by Gasteiger charge is -2.30. The third-order valence-corrected chi connectivity index (χ3v) is 5.62. The summed E-state index contributed by atoms with van der Waals surface area (Å²) in [6.45, 7) is 9.41. The van der Waals surface area contributed by atoms with Crippen molar-refractivity contribution >= 4 is 11.6 Å². The molecule has 0 spiro atoms. The minimum atomic E-state index is -0.434. The Hall–Kier alpha value is -1.38. The van der Waals surface area contributed by atoms with Gasteiger partial charge in [-0.1, -0.05) is 26.7 Å². The zero-order valence-corrected chi connectivity index (χ0v) is 14.4. The lowest BCUT2D eigenvalue weighted by atomic mass is 9.82. The number of anilines is 1. The Morgan fingerprint density at radius 1 is 1.27 bits per heavy atom. The Bertz CT molecular complexity index is 571. The van der Waals surface area contributed by atoms with Crippen LogP contribution in [-0.2, 0) is 16.6 Å². The number of hydrogen-bond acceptors (Lipinski definition) is 2. The molecule has 120 valence electrons. The van der Waals surface area contributed by atoms with E-state index in [2.05, 4.69) is 29.8 Å². The second kappa shape index (κ2) is 5.68. The number of hydrogen-bond donors (Lipinski definition) is 0. The van der Waals surface area contributed by atoms with Crippen LogP contribution >= 0.6 is 0 Å². The van der Waals surface area contributed by atoms with Crippen LogP contribution in [0.2, 0.25) is 0 Å². The average Bonchev–Trinajstić information content (AvgIpc) is 2.70. The molecule has 0 unspecified atom stereocenters. The molecule has 1 amide bonds. The van der Waals surface area contributed by atoms with E-state index in [1.807, 2.05) is 20.0 Å². The summed E-state index contributed by atoms with van der Waals surface area (Å²) in [5.74, 6) is 1.75. The van der Waals surface area contributed by atoms with Crippen molar-refractivity contribution in [3.05, 3.63) is 23.5 Å². The van der Waals surface area contributed by atoms with E-state index in [4.69, 9.17) is 0 Å². The molecule has 22 heavy (non-hydrogen) atoms. The Morgan fingerprint density at radius 3 is 2.59 bits per heavy atom. The maximum Gasteiger partial charge on any atom is 0.237 e. The van der Waals surface area contributed by atoms with Gasteiger partial charge in [-0.25, -0.2) is 0 Å². The summed E-state index contributed by atoms with van der Waals surface area (Å²) < 4.78 is 0. The molecule has 0 bridgehead atoms. The van der Waals surface area contributed by atoms with E-state index < -0.39 is 5.41 Å². The Balaban J connectivity index is 1.87. The van der Waals surface area contributed by atoms with Gasteiger partial charge in [0.05, 0.1) is 11.1 Å². The molecule has 1 aliphatic carbocycles. The molecule has 1 aliphatic heterocycles. The number of amides is 1. The third kappa shape index (κ3) is 2.55. The maximum atomic E-state index is 12.9. The highest BCUT2D eigenvalue weighted by Crippen LogP contribution is 2.42. The van der Waals surface area contributed by atoms with Crippen LogP contribution in [0.3, 0.4) is 0 Å². The van der Waals surface area contributed by atoms with E-state index in [1.54, 1.807) is 0 Å². The van der Waals surface area contributed by atoms with Crippen molar-refractivity contribution in [1.29, 1.82) is 0 Å². The molecule has 1 fully saturated rings. The number of pyridine rings is 1. The number of aryl methyl sites for hydroxylation is 1. The van der Waals surface area contributed by atoms with Gasteiger partial charge in [-0.05, 0) is 51.0 Å². The summed E-state index contributed by atoms with van der Waals surface area (Å²) in [7, 11) is 0. The van der Waals surface area contributed by atoms with Crippen LogP contribution in [0.4, 0.5) is 5.69 Å². The smallest absolute Gasteiger partial charge is 0.237 e. The van der Waals surface area contributed by atoms with Gasteiger partial charge in [-0.3, -0.25) is 9.78 Å². The predicted molar refractivity (Wildman–Crippen MR) is 90.1 cm³/mol. The third-order valence-electron chi connectivity index (χ3n) is 5.62. The molecule has 3 rings (SSSR count). The summed E-state index contributed by atoms with van der Waals surface area (Å²) >= 11 is 0. The van der Waals surface area contributed by atoms with E-state index in [1.165, 1.54) is 25.7 Å². The van der Waals surface area contributed by atoms with Crippen LogP contribution in [0.1, 0.15) is 64.6 Å². The van der Waals surface area contributed by atoms with E-state index in [0.717, 1.165) is 35.8 Å². The van der Waals surface area contributed by atoms with Gasteiger partial charge in [0, 0.05) is 24.0 Å². The summed E-state index contributed by atoms with van der Waals surface area (Å²) in [5.41, 5.74) is 2.85. The quantitative estimate of drug-likeness (QED) is 0.842. The molecule has 0 radical (unpaired) electrons. The van der Waals surface area contributed by atoms with Crippen molar-refractivity contribution in [3.8, 4) is 0 Å². The standard InChI is InChI=1S/C19H28N2O/c1-5-15-10-17-16(11-20-15)19(3,4)18(22)21(17)12-14-8-6-13(2)7-9-14/h10-11,13-14H,5-9,12H2,1-4H3. The molecular weight excluding hydrogens is 272 g/mol. The summed E-state index contributed by atoms with van der Waals surface area (Å²) in [6.07, 6.45) is 7.96. The number of fused-ring (bicyclic) bond motifs is 1. The van der Waals surface area contributed by atoms with E-state index in [0.29, 0.717) is 5.92 Å². The SMILES string of the molecule is CCc1cc2c(cn1)C(C)(C)C(=O)N2CC1CCC(C)CC1. The molecule has 3 nitrogen and oxygen atoms in total. The fourth-order valence-electron chi connectivity index (χ4n) is 3.90. The lowest BCUT2D eigenvalue weighted by molar-refractivity contribution is -0.122. The first-order chi connectivity index (χ1) is 10.4. The number of carbonyl (C=O) groups excluding carboxylic acids is 1. The van der Waals surface area contributed by atoms with Gasteiger partial charge in [0.25, 0.3) is 0 Å². The average molecular weight is 300 g/mol. The van der Waals surface area contributed by atoms with E-state index in [-0.39, 0.29) is 5.91 Å². The second-order valence-corrected chi connectivity index (χ2v) is 7.71. The van der Waals surface area contributed by atoms with Crippen LogP contribution in [0.15, 0.2) is 12.3 Å². The highest BCUT2D eigenvalue weighted by molar-refractivity contribution is 6.07. The Morgan fingerprint density at radius 2 is 1.95 bits per heavy atom. The topological polar surface area (TPSA) is 33.2 Å². The number of nitrogens with zero attached hydrogens (tertiary/aromatic N) is 2. The molecule has 0 saturated heterocycles. The van der Waals surface area contributed by atoms with E-state index >= 15 is 0 Å². The van der Waals surface area contributed by atoms with Crippen LogP contribution in [0.5, 0.6) is 0 Å². The lowest BCUT2D eigenvalue weighted by Crippen LogP contribution is -2.39. The Kier molecular flexibility index (Phi) is 4.00. The highest BCUT2D eigenvalue weighted by Gasteiger charge is 2.44. The van der Waals surface area contributed by atoms with Gasteiger partial charge in [-0.2, -0.15) is 0 Å². The van der Waals surface area contributed by atoms with Gasteiger partial charge in [-0.15, -0.1) is 0 Å². The molecule has 3 heteroatoms. The molecule has 2 heterocycles. The van der Waals surface area contributed by atoms with Gasteiger partial charge in [0.2, 0.25) is 5.91 Å². The predicted octanol–water partition coefficient (Wildman–Crippen LogP) is 4.09. The first-order valence-corrected chi connectivity index (χ1v) is 8.74. The molecule has 1 saturated carbocycles. The fraction of sp³-hybridized carbons (Fsp3) is 0.684. The number of carbonyl (C=O) groups is 1. The van der Waals surface area contributed by atoms with Gasteiger partial charge in [0.15, 0.2) is 0 Å². The van der Waals surface area contributed by atoms with Crippen molar-refractivity contribution in [2.24, 2.45) is 11.8 Å². The van der Waals surface area contributed by atoms with Crippen LogP contribution in [0.25, 0.3) is 0 Å². The van der Waals surface area contributed by atoms with Crippen molar-refractivity contribution in [1.82, 2.24) is 4.98 Å². The molecular formula is C19H28N2O. The number of rotatable bonds is 3. The minimum absolute atomic E-state index is 0.246. The summed E-state index contributed by atoms with van der Waals surface area (Å²) in [6, 6.07) is 2.13. The molecule has 1 aromatic rings. The van der Waals surface area contributed by atoms with Crippen LogP contribution in [-0.4, -0.2) is 17.4 Å². The summed E-state index contributed by atoms with van der Waals surface area (Å²) in [5, 5.41) is 0. The Labute approximate surface area is 134 Å². The molecule has 2 aliphatic rings. The number of aromatic nitrogens is 1. The van der Waals surface area contributed by atoms with Gasteiger partial charge in [0.1, 0.15) is 0 Å². The first-order valence-electron chi connectivity index (χ1n) is 8.74. The van der Waals surface area contributed by atoms with Gasteiger partial charge < -0.3 is 4.90 Å². The van der Waals surface area contributed by atoms with Crippen LogP contribution in [0, 0.1) is 11.8 Å². The zero-order chi connectivity index (χ0) is 15.9. The van der Waals surface area contributed by atoms with Crippen LogP contribution < -0.4 is 4.90 Å². The van der Waals surface area contributed by atoms with E-state index in [9.17, 15) is 4.79 Å². The largest absolute Gasteiger partial charge is 0.311 e. The molecule has 0 aromatic carbocycles.